The van der Waals surface area contributed by atoms with Crippen molar-refractivity contribution in [2.75, 3.05) is 30.8 Å². The van der Waals surface area contributed by atoms with Crippen LogP contribution in [0.4, 0.5) is 11.4 Å². The second kappa shape index (κ2) is 9.37. The molecule has 11 heteroatoms. The Hall–Kier alpha value is -3.44. The highest BCUT2D eigenvalue weighted by molar-refractivity contribution is 7.93. The number of anilines is 2. The number of hydrogen-bond acceptors (Lipinski definition) is 7. The molecule has 32 heavy (non-hydrogen) atoms. The molecule has 0 saturated carbocycles. The van der Waals surface area contributed by atoms with Gasteiger partial charge in [-0.1, -0.05) is 0 Å². The fourth-order valence-electron chi connectivity index (χ4n) is 2.77. The van der Waals surface area contributed by atoms with E-state index in [9.17, 15) is 16.8 Å². The molecular formula is C21H22N2O7S2. The molecule has 0 aliphatic rings. The van der Waals surface area contributed by atoms with Crippen LogP contribution in [0, 0.1) is 0 Å². The number of hydrogen-bond donors (Lipinski definition) is 2. The third-order valence-corrected chi connectivity index (χ3v) is 7.20. The Kier molecular flexibility index (Phi) is 6.80. The summed E-state index contributed by atoms with van der Waals surface area (Å²) in [7, 11) is -3.69. The van der Waals surface area contributed by atoms with Crippen LogP contribution in [-0.2, 0) is 20.0 Å². The summed E-state index contributed by atoms with van der Waals surface area (Å²) >= 11 is 0. The van der Waals surface area contributed by atoms with Crippen LogP contribution in [0.25, 0.3) is 0 Å². The topological polar surface area (TPSA) is 120 Å². The molecule has 9 nitrogen and oxygen atoms in total. The van der Waals surface area contributed by atoms with Crippen molar-refractivity contribution in [1.29, 1.82) is 0 Å². The lowest BCUT2D eigenvalue weighted by Crippen LogP contribution is -2.16. The van der Waals surface area contributed by atoms with Crippen molar-refractivity contribution in [3.8, 4) is 17.2 Å². The molecule has 0 amide bonds. The smallest absolute Gasteiger partial charge is 0.262 e. The van der Waals surface area contributed by atoms with Crippen molar-refractivity contribution in [2.24, 2.45) is 0 Å². The minimum atomic E-state index is -4.01. The first-order chi connectivity index (χ1) is 15.2. The molecule has 0 radical (unpaired) electrons. The summed E-state index contributed by atoms with van der Waals surface area (Å²) < 4.78 is 71.4. The number of ether oxygens (including phenoxy) is 3. The molecule has 0 spiro atoms. The Morgan fingerprint density at radius 1 is 0.594 bits per heavy atom. The predicted molar refractivity (Wildman–Crippen MR) is 121 cm³/mol. The molecule has 0 bridgehead atoms. The van der Waals surface area contributed by atoms with Gasteiger partial charge in [0.15, 0.2) is 0 Å². The number of nitrogens with one attached hydrogen (secondary N) is 2. The lowest BCUT2D eigenvalue weighted by atomic mass is 10.3. The second-order valence-corrected chi connectivity index (χ2v) is 9.84. The van der Waals surface area contributed by atoms with Gasteiger partial charge in [0, 0.05) is 5.69 Å². The van der Waals surface area contributed by atoms with E-state index in [4.69, 9.17) is 14.2 Å². The Bertz CT molecular complexity index is 1290. The van der Waals surface area contributed by atoms with Gasteiger partial charge in [0.25, 0.3) is 20.0 Å². The van der Waals surface area contributed by atoms with E-state index in [2.05, 4.69) is 9.44 Å². The Morgan fingerprint density at radius 2 is 1.09 bits per heavy atom. The highest BCUT2D eigenvalue weighted by Crippen LogP contribution is 2.31. The summed E-state index contributed by atoms with van der Waals surface area (Å²) in [6.07, 6.45) is 0. The van der Waals surface area contributed by atoms with E-state index in [1.165, 1.54) is 63.8 Å². The maximum Gasteiger partial charge on any atom is 0.262 e. The Balaban J connectivity index is 1.91. The standard InChI is InChI=1S/C21H22N2O7S2/c1-28-16-6-4-15(5-7-16)22-32(26,27)19-12-13-21(30-3)20(14-19)23-31(24,25)18-10-8-17(29-2)9-11-18/h4-14,22-23H,1-3H3. The van der Waals surface area contributed by atoms with Gasteiger partial charge in [-0.3, -0.25) is 9.44 Å². The van der Waals surface area contributed by atoms with Crippen LogP contribution in [0.5, 0.6) is 17.2 Å². The van der Waals surface area contributed by atoms with Crippen LogP contribution in [0.2, 0.25) is 0 Å². The van der Waals surface area contributed by atoms with Crippen molar-refractivity contribution in [1.82, 2.24) is 0 Å². The first kappa shape index (κ1) is 23.2. The van der Waals surface area contributed by atoms with Crippen LogP contribution in [0.3, 0.4) is 0 Å². The molecular weight excluding hydrogens is 456 g/mol. The SMILES string of the molecule is COc1ccc(NS(=O)(=O)c2ccc(OC)c(NS(=O)(=O)c3ccc(OC)cc3)c2)cc1. The van der Waals surface area contributed by atoms with Gasteiger partial charge in [0.05, 0.1) is 36.8 Å². The van der Waals surface area contributed by atoms with Gasteiger partial charge in [0.1, 0.15) is 17.2 Å². The average Bonchev–Trinajstić information content (AvgIpc) is 2.79. The highest BCUT2D eigenvalue weighted by Gasteiger charge is 2.21. The molecule has 0 saturated heterocycles. The van der Waals surface area contributed by atoms with Gasteiger partial charge in [-0.15, -0.1) is 0 Å². The van der Waals surface area contributed by atoms with Crippen molar-refractivity contribution in [2.45, 2.75) is 9.79 Å². The molecule has 0 atom stereocenters. The van der Waals surface area contributed by atoms with Crippen LogP contribution < -0.4 is 23.7 Å². The summed E-state index contributed by atoms with van der Waals surface area (Å²) in [4.78, 5) is -0.175. The van der Waals surface area contributed by atoms with Gasteiger partial charge < -0.3 is 14.2 Å². The van der Waals surface area contributed by atoms with Gasteiger partial charge >= 0.3 is 0 Å². The summed E-state index contributed by atoms with van der Waals surface area (Å²) in [6, 6.07) is 16.0. The van der Waals surface area contributed by atoms with Gasteiger partial charge in [-0.2, -0.15) is 0 Å². The summed E-state index contributed by atoms with van der Waals surface area (Å²) in [6.45, 7) is 0. The molecule has 0 aromatic heterocycles. The molecule has 3 aromatic rings. The van der Waals surface area contributed by atoms with Crippen LogP contribution in [-0.4, -0.2) is 38.2 Å². The molecule has 2 N–H and O–H groups in total. The highest BCUT2D eigenvalue weighted by atomic mass is 32.2. The minimum Gasteiger partial charge on any atom is -0.497 e. The normalized spacial score (nSPS) is 11.5. The third kappa shape index (κ3) is 5.24. The lowest BCUT2D eigenvalue weighted by Gasteiger charge is -2.15. The van der Waals surface area contributed by atoms with E-state index >= 15 is 0 Å². The molecule has 3 rings (SSSR count). The van der Waals surface area contributed by atoms with Gasteiger partial charge in [0.2, 0.25) is 0 Å². The van der Waals surface area contributed by atoms with Crippen molar-refractivity contribution < 1.29 is 31.0 Å². The maximum atomic E-state index is 12.8. The molecule has 0 aliphatic heterocycles. The van der Waals surface area contributed by atoms with Gasteiger partial charge in [-0.25, -0.2) is 16.8 Å². The second-order valence-electron chi connectivity index (χ2n) is 6.48. The van der Waals surface area contributed by atoms with E-state index in [0.717, 1.165) is 0 Å². The Morgan fingerprint density at radius 3 is 1.62 bits per heavy atom. The number of methoxy groups -OCH3 is 3. The van der Waals surface area contributed by atoms with Crippen molar-refractivity contribution in [3.05, 3.63) is 66.7 Å². The van der Waals surface area contributed by atoms with E-state index < -0.39 is 20.0 Å². The molecule has 0 aliphatic carbocycles. The summed E-state index contributed by atoms with van der Waals surface area (Å²) in [5.41, 5.74) is 0.294. The number of benzene rings is 3. The molecule has 170 valence electrons. The largest absolute Gasteiger partial charge is 0.497 e. The van der Waals surface area contributed by atoms with E-state index in [1.54, 1.807) is 24.3 Å². The van der Waals surface area contributed by atoms with E-state index in [-0.39, 0.29) is 21.2 Å². The summed E-state index contributed by atoms with van der Waals surface area (Å²) in [5, 5.41) is 0. The van der Waals surface area contributed by atoms with Gasteiger partial charge in [-0.05, 0) is 66.7 Å². The number of sulfonamides is 2. The zero-order valence-electron chi connectivity index (χ0n) is 17.5. The van der Waals surface area contributed by atoms with E-state index in [0.29, 0.717) is 17.2 Å². The quantitative estimate of drug-likeness (QED) is 0.484. The first-order valence-electron chi connectivity index (χ1n) is 9.20. The lowest BCUT2D eigenvalue weighted by molar-refractivity contribution is 0.414. The molecule has 0 unspecified atom stereocenters. The fraction of sp³-hybridized carbons (Fsp3) is 0.143. The first-order valence-corrected chi connectivity index (χ1v) is 12.2. The fourth-order valence-corrected chi connectivity index (χ4v) is 4.91. The molecule has 0 heterocycles. The van der Waals surface area contributed by atoms with Crippen LogP contribution >= 0.6 is 0 Å². The van der Waals surface area contributed by atoms with Crippen LogP contribution in [0.1, 0.15) is 0 Å². The predicted octanol–water partition coefficient (Wildman–Crippen LogP) is 3.31. The molecule has 0 fully saturated rings. The van der Waals surface area contributed by atoms with Crippen molar-refractivity contribution in [3.63, 3.8) is 0 Å². The van der Waals surface area contributed by atoms with E-state index in [1.807, 2.05) is 0 Å². The zero-order valence-corrected chi connectivity index (χ0v) is 19.2. The average molecular weight is 479 g/mol. The summed E-state index contributed by atoms with van der Waals surface area (Å²) in [5.74, 6) is 1.23. The zero-order chi connectivity index (χ0) is 23.4. The maximum absolute atomic E-state index is 12.8. The third-order valence-electron chi connectivity index (χ3n) is 4.44. The minimum absolute atomic E-state index is 0.0232. The van der Waals surface area contributed by atoms with Crippen LogP contribution in [0.15, 0.2) is 76.5 Å². The van der Waals surface area contributed by atoms with Crippen molar-refractivity contribution >= 4 is 31.4 Å². The Labute approximate surface area is 187 Å². The number of rotatable bonds is 9. The molecule has 3 aromatic carbocycles. The monoisotopic (exact) mass is 478 g/mol.